The quantitative estimate of drug-likeness (QED) is 0.644. The van der Waals surface area contributed by atoms with Gasteiger partial charge in [-0.15, -0.1) is 0 Å². The number of aromatic nitrogens is 3. The third-order valence-electron chi connectivity index (χ3n) is 3.34. The molecule has 0 aliphatic carbocycles. The summed E-state index contributed by atoms with van der Waals surface area (Å²) < 4.78 is 0. The van der Waals surface area contributed by atoms with Crippen LogP contribution in [-0.4, -0.2) is 31.8 Å². The van der Waals surface area contributed by atoms with E-state index in [4.69, 9.17) is 16.7 Å². The number of aryl methyl sites for hydroxylation is 1. The molecule has 0 spiro atoms. The Morgan fingerprint density at radius 3 is 2.77 bits per heavy atom. The molecule has 0 amide bonds. The van der Waals surface area contributed by atoms with Crippen molar-refractivity contribution >= 4 is 34.3 Å². The lowest BCUT2D eigenvalue weighted by Crippen LogP contribution is -2.10. The average Bonchev–Trinajstić information content (AvgIpc) is 3.03. The molecule has 0 fully saturated rings. The number of hydrogen-bond acceptors (Lipinski definition) is 3. The monoisotopic (exact) mass is 317 g/mol. The fourth-order valence-electron chi connectivity index (χ4n) is 2.40. The third kappa shape index (κ3) is 2.48. The van der Waals surface area contributed by atoms with Crippen molar-refractivity contribution in [2.24, 2.45) is 0 Å². The van der Waals surface area contributed by atoms with E-state index in [0.717, 1.165) is 0 Å². The van der Waals surface area contributed by atoms with Gasteiger partial charge in [0.15, 0.2) is 5.82 Å². The van der Waals surface area contributed by atoms with E-state index < -0.39 is 5.97 Å². The molecule has 0 aliphatic heterocycles. The van der Waals surface area contributed by atoms with Gasteiger partial charge in [0.1, 0.15) is 0 Å². The number of aliphatic carboxylic acids is 1. The molecule has 2 aromatic heterocycles. The minimum atomic E-state index is -1.02. The zero-order chi connectivity index (χ0) is 15.9. The topological polar surface area (TPSA) is 98.8 Å². The van der Waals surface area contributed by atoms with Gasteiger partial charge in [0, 0.05) is 27.7 Å². The number of carboxylic acid groups (broad SMARTS) is 1. The van der Waals surface area contributed by atoms with E-state index >= 15 is 0 Å². The third-order valence-corrected chi connectivity index (χ3v) is 3.58. The molecule has 0 aliphatic rings. The van der Waals surface area contributed by atoms with Crippen LogP contribution in [0.1, 0.15) is 27.6 Å². The molecule has 0 bridgehead atoms. The van der Waals surface area contributed by atoms with E-state index in [-0.39, 0.29) is 23.7 Å². The number of imidazole rings is 1. The van der Waals surface area contributed by atoms with Gasteiger partial charge in [-0.1, -0.05) is 11.6 Å². The van der Waals surface area contributed by atoms with Gasteiger partial charge in [-0.05, 0) is 25.1 Å². The highest BCUT2D eigenvalue weighted by Crippen LogP contribution is 2.27. The van der Waals surface area contributed by atoms with Gasteiger partial charge in [0.05, 0.1) is 17.8 Å². The molecule has 0 saturated carbocycles. The number of carbonyl (C=O) groups excluding carboxylic acids is 1. The first-order chi connectivity index (χ1) is 10.5. The lowest BCUT2D eigenvalue weighted by Gasteiger charge is -2.00. The van der Waals surface area contributed by atoms with Crippen molar-refractivity contribution in [2.75, 3.05) is 0 Å². The molecule has 22 heavy (non-hydrogen) atoms. The van der Waals surface area contributed by atoms with Gasteiger partial charge in [0.2, 0.25) is 5.78 Å². The lowest BCUT2D eigenvalue weighted by atomic mass is 10.1. The number of fused-ring (bicyclic) bond motifs is 1. The number of ketones is 1. The van der Waals surface area contributed by atoms with Crippen molar-refractivity contribution in [3.05, 3.63) is 52.2 Å². The Hall–Kier alpha value is -2.60. The van der Waals surface area contributed by atoms with Crippen LogP contribution in [0, 0.1) is 6.92 Å². The first-order valence-corrected chi connectivity index (χ1v) is 6.92. The zero-order valence-electron chi connectivity index (χ0n) is 11.6. The molecule has 2 heterocycles. The number of halogens is 1. The maximum atomic E-state index is 12.6. The number of hydrogen-bond donors (Lipinski definition) is 3. The Balaban J connectivity index is 2.19. The highest BCUT2D eigenvalue weighted by atomic mass is 35.5. The van der Waals surface area contributed by atoms with Crippen LogP contribution in [0.15, 0.2) is 24.4 Å². The van der Waals surface area contributed by atoms with Crippen molar-refractivity contribution in [2.45, 2.75) is 13.3 Å². The maximum absolute atomic E-state index is 12.6. The van der Waals surface area contributed by atoms with Crippen molar-refractivity contribution in [3.63, 3.8) is 0 Å². The normalized spacial score (nSPS) is 11.0. The average molecular weight is 318 g/mol. The summed E-state index contributed by atoms with van der Waals surface area (Å²) in [4.78, 5) is 33.5. The molecular weight excluding hydrogens is 306 g/mol. The number of benzene rings is 1. The van der Waals surface area contributed by atoms with Crippen molar-refractivity contribution < 1.29 is 14.7 Å². The zero-order valence-corrected chi connectivity index (χ0v) is 12.4. The standard InChI is InChI=1S/C15H12ClN3O3/c1-7-6-17-15(18-7)14(22)13-10(5-12(20)21)9-4-8(16)2-3-11(9)19-13/h2-4,6,19H,5H2,1H3,(H,17,18)(H,20,21). The Kier molecular flexibility index (Phi) is 3.46. The summed E-state index contributed by atoms with van der Waals surface area (Å²) in [6.07, 6.45) is 1.34. The maximum Gasteiger partial charge on any atom is 0.307 e. The van der Waals surface area contributed by atoms with Crippen LogP contribution in [0.5, 0.6) is 0 Å². The summed E-state index contributed by atoms with van der Waals surface area (Å²) in [7, 11) is 0. The van der Waals surface area contributed by atoms with Crippen LogP contribution in [0.25, 0.3) is 10.9 Å². The fourth-order valence-corrected chi connectivity index (χ4v) is 2.57. The molecule has 7 heteroatoms. The highest BCUT2D eigenvalue weighted by Gasteiger charge is 2.22. The fraction of sp³-hybridized carbons (Fsp3) is 0.133. The van der Waals surface area contributed by atoms with Gasteiger partial charge in [-0.2, -0.15) is 0 Å². The van der Waals surface area contributed by atoms with Crippen LogP contribution in [0.3, 0.4) is 0 Å². The van der Waals surface area contributed by atoms with Crippen molar-refractivity contribution in [1.29, 1.82) is 0 Å². The SMILES string of the molecule is Cc1c[nH]c(C(=O)c2[nH]c3ccc(Cl)cc3c2CC(=O)O)n1. The molecule has 0 atom stereocenters. The summed E-state index contributed by atoms with van der Waals surface area (Å²) in [5, 5.41) is 10.2. The Morgan fingerprint density at radius 1 is 1.36 bits per heavy atom. The predicted octanol–water partition coefficient (Wildman–Crippen LogP) is 2.71. The Bertz CT molecular complexity index is 895. The van der Waals surface area contributed by atoms with E-state index in [0.29, 0.717) is 27.2 Å². The van der Waals surface area contributed by atoms with Crippen LogP contribution in [-0.2, 0) is 11.2 Å². The predicted molar refractivity (Wildman–Crippen MR) is 81.4 cm³/mol. The largest absolute Gasteiger partial charge is 0.481 e. The highest BCUT2D eigenvalue weighted by molar-refractivity contribution is 6.31. The van der Waals surface area contributed by atoms with Crippen LogP contribution in [0.2, 0.25) is 5.02 Å². The molecule has 0 saturated heterocycles. The molecule has 3 aromatic rings. The second kappa shape index (κ2) is 5.31. The summed E-state index contributed by atoms with van der Waals surface area (Å²) in [6.45, 7) is 1.76. The second-order valence-electron chi connectivity index (χ2n) is 4.96. The Labute approximate surface area is 130 Å². The summed E-state index contributed by atoms with van der Waals surface area (Å²) in [5.41, 5.74) is 1.97. The first kappa shape index (κ1) is 14.3. The first-order valence-electron chi connectivity index (χ1n) is 6.54. The minimum absolute atomic E-state index is 0.168. The molecule has 0 unspecified atom stereocenters. The Morgan fingerprint density at radius 2 is 2.14 bits per heavy atom. The van der Waals surface area contributed by atoms with Gasteiger partial charge in [0.25, 0.3) is 0 Å². The number of rotatable bonds is 4. The number of H-pyrrole nitrogens is 2. The molecule has 1 aromatic carbocycles. The van der Waals surface area contributed by atoms with Crippen molar-refractivity contribution in [3.8, 4) is 0 Å². The van der Waals surface area contributed by atoms with E-state index in [2.05, 4.69) is 15.0 Å². The lowest BCUT2D eigenvalue weighted by molar-refractivity contribution is -0.136. The summed E-state index contributed by atoms with van der Waals surface area (Å²) in [5.74, 6) is -1.23. The van der Waals surface area contributed by atoms with E-state index in [9.17, 15) is 9.59 Å². The number of carboxylic acids is 1. The smallest absolute Gasteiger partial charge is 0.307 e. The molecular formula is C15H12ClN3O3. The van der Waals surface area contributed by atoms with Crippen LogP contribution >= 0.6 is 11.6 Å². The molecule has 3 N–H and O–H groups in total. The van der Waals surface area contributed by atoms with Crippen molar-refractivity contribution in [1.82, 2.24) is 15.0 Å². The molecule has 0 radical (unpaired) electrons. The van der Waals surface area contributed by atoms with Gasteiger partial charge in [-0.25, -0.2) is 4.98 Å². The number of carbonyl (C=O) groups is 2. The van der Waals surface area contributed by atoms with E-state index in [1.807, 2.05) is 0 Å². The molecule has 112 valence electrons. The van der Waals surface area contributed by atoms with E-state index in [1.165, 1.54) is 0 Å². The summed E-state index contributed by atoms with van der Waals surface area (Å²) in [6, 6.07) is 5.04. The minimum Gasteiger partial charge on any atom is -0.481 e. The van der Waals surface area contributed by atoms with Gasteiger partial charge >= 0.3 is 5.97 Å². The number of aromatic amines is 2. The van der Waals surface area contributed by atoms with Gasteiger partial charge in [-0.3, -0.25) is 9.59 Å². The molecule has 3 rings (SSSR count). The molecule has 6 nitrogen and oxygen atoms in total. The number of nitrogens with zero attached hydrogens (tertiary/aromatic N) is 1. The summed E-state index contributed by atoms with van der Waals surface area (Å²) >= 11 is 5.97. The second-order valence-corrected chi connectivity index (χ2v) is 5.40. The van der Waals surface area contributed by atoms with Crippen LogP contribution in [0.4, 0.5) is 0 Å². The van der Waals surface area contributed by atoms with Crippen LogP contribution < -0.4 is 0 Å². The van der Waals surface area contributed by atoms with E-state index in [1.54, 1.807) is 31.3 Å². The number of nitrogens with one attached hydrogen (secondary N) is 2. The van der Waals surface area contributed by atoms with Gasteiger partial charge < -0.3 is 15.1 Å².